The van der Waals surface area contributed by atoms with Gasteiger partial charge in [0.15, 0.2) is 0 Å². The van der Waals surface area contributed by atoms with Gasteiger partial charge >= 0.3 is 0 Å². The van der Waals surface area contributed by atoms with Gasteiger partial charge in [0.05, 0.1) is 18.8 Å². The molecule has 0 spiro atoms. The van der Waals surface area contributed by atoms with Crippen LogP contribution in [0, 0.1) is 11.8 Å². The summed E-state index contributed by atoms with van der Waals surface area (Å²) in [5.74, 6) is 1.80. The zero-order chi connectivity index (χ0) is 12.5. The molecule has 0 aromatic rings. The van der Waals surface area contributed by atoms with E-state index in [0.717, 1.165) is 24.9 Å². The van der Waals surface area contributed by atoms with E-state index in [2.05, 4.69) is 26.0 Å². The molecule has 4 atom stereocenters. The SMILES string of the molecule is [B]C1CN(I)CC(COC2CCC2C2CCC2)O1. The largest absolute Gasteiger partial charge is 0.380 e. The average molecular weight is 361 g/mol. The highest BCUT2D eigenvalue weighted by molar-refractivity contribution is 14.1. The fourth-order valence-corrected chi connectivity index (χ4v) is 4.08. The third kappa shape index (κ3) is 3.05. The molecule has 0 bridgehead atoms. The van der Waals surface area contributed by atoms with Crippen LogP contribution in [0.4, 0.5) is 0 Å². The van der Waals surface area contributed by atoms with E-state index in [9.17, 15) is 0 Å². The first kappa shape index (κ1) is 13.6. The van der Waals surface area contributed by atoms with E-state index in [4.69, 9.17) is 17.3 Å². The summed E-state index contributed by atoms with van der Waals surface area (Å²) in [6.45, 7) is 2.45. The Labute approximate surface area is 125 Å². The third-order valence-electron chi connectivity index (χ3n) is 4.66. The molecule has 0 aromatic heterocycles. The zero-order valence-electron chi connectivity index (χ0n) is 10.8. The highest BCUT2D eigenvalue weighted by Gasteiger charge is 2.40. The Kier molecular flexibility index (Phi) is 4.53. The molecule has 0 amide bonds. The number of hydrogen-bond acceptors (Lipinski definition) is 3. The Morgan fingerprint density at radius 2 is 2.06 bits per heavy atom. The quantitative estimate of drug-likeness (QED) is 0.435. The van der Waals surface area contributed by atoms with E-state index >= 15 is 0 Å². The first-order chi connectivity index (χ1) is 8.72. The highest BCUT2D eigenvalue weighted by atomic mass is 127. The van der Waals surface area contributed by atoms with Crippen LogP contribution in [0.3, 0.4) is 0 Å². The molecule has 100 valence electrons. The Hall–Kier alpha value is 0.675. The van der Waals surface area contributed by atoms with Crippen molar-refractivity contribution in [2.24, 2.45) is 11.8 Å². The topological polar surface area (TPSA) is 21.7 Å². The molecule has 3 nitrogen and oxygen atoms in total. The molecule has 0 aromatic carbocycles. The van der Waals surface area contributed by atoms with E-state index < -0.39 is 0 Å². The molecule has 0 N–H and O–H groups in total. The molecule has 1 heterocycles. The van der Waals surface area contributed by atoms with Gasteiger partial charge in [-0.15, -0.1) is 0 Å². The first-order valence-corrected chi connectivity index (χ1v) is 8.12. The third-order valence-corrected chi connectivity index (χ3v) is 5.45. The molecule has 1 aliphatic heterocycles. The lowest BCUT2D eigenvalue weighted by Gasteiger charge is -2.46. The van der Waals surface area contributed by atoms with Crippen molar-refractivity contribution in [2.45, 2.75) is 50.3 Å². The van der Waals surface area contributed by atoms with Crippen molar-refractivity contribution >= 4 is 30.7 Å². The Balaban J connectivity index is 1.41. The van der Waals surface area contributed by atoms with Crippen LogP contribution < -0.4 is 0 Å². The van der Waals surface area contributed by atoms with Crippen molar-refractivity contribution in [3.05, 3.63) is 0 Å². The summed E-state index contributed by atoms with van der Waals surface area (Å²) in [6.07, 6.45) is 7.55. The second-order valence-electron chi connectivity index (χ2n) is 5.93. The normalized spacial score (nSPS) is 42.3. The summed E-state index contributed by atoms with van der Waals surface area (Å²) < 4.78 is 14.0. The van der Waals surface area contributed by atoms with E-state index in [1.54, 1.807) is 0 Å². The van der Waals surface area contributed by atoms with Crippen LogP contribution in [0.25, 0.3) is 0 Å². The van der Waals surface area contributed by atoms with Gasteiger partial charge in [-0.3, -0.25) is 0 Å². The maximum atomic E-state index is 6.07. The predicted octanol–water partition coefficient (Wildman–Crippen LogP) is 2.13. The Morgan fingerprint density at radius 3 is 2.61 bits per heavy atom. The molecular weight excluding hydrogens is 340 g/mol. The second-order valence-corrected chi connectivity index (χ2v) is 7.29. The van der Waals surface area contributed by atoms with Crippen molar-refractivity contribution in [2.75, 3.05) is 19.7 Å². The fraction of sp³-hybridized carbons (Fsp3) is 1.00. The minimum atomic E-state index is -0.159. The van der Waals surface area contributed by atoms with E-state index in [1.807, 2.05) is 0 Å². The van der Waals surface area contributed by atoms with Gasteiger partial charge in [0.2, 0.25) is 0 Å². The number of hydrogen-bond donors (Lipinski definition) is 0. The van der Waals surface area contributed by atoms with Gasteiger partial charge in [-0.2, -0.15) is 0 Å². The minimum absolute atomic E-state index is 0.147. The number of ether oxygens (including phenoxy) is 2. The summed E-state index contributed by atoms with van der Waals surface area (Å²) in [5.41, 5.74) is 0. The van der Waals surface area contributed by atoms with Gasteiger partial charge in [0.25, 0.3) is 0 Å². The number of morpholine rings is 1. The van der Waals surface area contributed by atoms with E-state index in [-0.39, 0.29) is 12.1 Å². The van der Waals surface area contributed by atoms with Crippen LogP contribution in [0.2, 0.25) is 0 Å². The minimum Gasteiger partial charge on any atom is -0.380 e. The first-order valence-electron chi connectivity index (χ1n) is 7.16. The van der Waals surface area contributed by atoms with Crippen molar-refractivity contribution in [3.63, 3.8) is 0 Å². The van der Waals surface area contributed by atoms with Crippen molar-refractivity contribution in [1.29, 1.82) is 0 Å². The monoisotopic (exact) mass is 361 g/mol. The standard InChI is InChI=1S/C13H21BINO2/c14-13-7-16(15)6-10(18-13)8-17-12-5-4-11(12)9-2-1-3-9/h9-13H,1-8H2. The molecule has 3 aliphatic rings. The van der Waals surface area contributed by atoms with Gasteiger partial charge in [-0.1, -0.05) is 19.3 Å². The Bertz CT molecular complexity index is 280. The molecule has 2 saturated carbocycles. The molecule has 1 saturated heterocycles. The van der Waals surface area contributed by atoms with Crippen LogP contribution in [-0.4, -0.2) is 48.9 Å². The molecule has 3 fully saturated rings. The van der Waals surface area contributed by atoms with Crippen molar-refractivity contribution in [1.82, 2.24) is 3.11 Å². The molecular formula is C13H21BINO2. The maximum absolute atomic E-state index is 6.07. The lowest BCUT2D eigenvalue weighted by molar-refractivity contribution is -0.128. The maximum Gasteiger partial charge on any atom is 0.110 e. The van der Waals surface area contributed by atoms with Crippen LogP contribution >= 0.6 is 22.9 Å². The van der Waals surface area contributed by atoms with Gasteiger partial charge < -0.3 is 9.47 Å². The van der Waals surface area contributed by atoms with E-state index in [1.165, 1.54) is 32.1 Å². The summed E-state index contributed by atoms with van der Waals surface area (Å²) in [6, 6.07) is -0.159. The van der Waals surface area contributed by atoms with Crippen molar-refractivity contribution in [3.8, 4) is 0 Å². The smallest absolute Gasteiger partial charge is 0.110 e. The number of rotatable bonds is 4. The van der Waals surface area contributed by atoms with Gasteiger partial charge in [0.1, 0.15) is 7.85 Å². The van der Waals surface area contributed by atoms with Crippen LogP contribution in [0.1, 0.15) is 32.1 Å². The second kappa shape index (κ2) is 5.98. The Morgan fingerprint density at radius 1 is 1.22 bits per heavy atom. The molecule has 2 radical (unpaired) electrons. The lowest BCUT2D eigenvalue weighted by Crippen LogP contribution is -2.48. The predicted molar refractivity (Wildman–Crippen MR) is 79.8 cm³/mol. The van der Waals surface area contributed by atoms with Crippen LogP contribution in [0.5, 0.6) is 0 Å². The summed E-state index contributed by atoms with van der Waals surface area (Å²) in [4.78, 5) is 0. The van der Waals surface area contributed by atoms with Crippen LogP contribution in [0.15, 0.2) is 0 Å². The molecule has 5 heteroatoms. The fourth-order valence-electron chi connectivity index (χ4n) is 3.26. The van der Waals surface area contributed by atoms with Gasteiger partial charge in [0, 0.05) is 42.0 Å². The van der Waals surface area contributed by atoms with Crippen LogP contribution in [-0.2, 0) is 9.47 Å². The zero-order valence-corrected chi connectivity index (χ0v) is 12.9. The highest BCUT2D eigenvalue weighted by Crippen LogP contribution is 2.45. The number of nitrogens with zero attached hydrogens (tertiary/aromatic N) is 1. The van der Waals surface area contributed by atoms with Gasteiger partial charge in [-0.05, 0) is 24.7 Å². The average Bonchev–Trinajstić information content (AvgIpc) is 2.20. The van der Waals surface area contributed by atoms with Crippen molar-refractivity contribution < 1.29 is 9.47 Å². The molecule has 18 heavy (non-hydrogen) atoms. The number of halogens is 1. The molecule has 3 rings (SSSR count). The summed E-state index contributed by atoms with van der Waals surface area (Å²) in [5, 5.41) is 0. The summed E-state index contributed by atoms with van der Waals surface area (Å²) >= 11 is 2.32. The molecule has 4 unspecified atom stereocenters. The summed E-state index contributed by atoms with van der Waals surface area (Å²) in [7, 11) is 5.85. The molecule has 2 aliphatic carbocycles. The van der Waals surface area contributed by atoms with E-state index in [0.29, 0.717) is 12.7 Å². The lowest BCUT2D eigenvalue weighted by atomic mass is 9.65. The van der Waals surface area contributed by atoms with Gasteiger partial charge in [-0.25, -0.2) is 3.11 Å².